The lowest BCUT2D eigenvalue weighted by Gasteiger charge is -2.25. The van der Waals surface area contributed by atoms with Gasteiger partial charge in [-0.05, 0) is 38.4 Å². The van der Waals surface area contributed by atoms with Crippen molar-refractivity contribution in [2.24, 2.45) is 0 Å². The largest absolute Gasteiger partial charge is 0.385 e. The Morgan fingerprint density at radius 3 is 2.69 bits per heavy atom. The molecule has 0 aromatic heterocycles. The summed E-state index contributed by atoms with van der Waals surface area (Å²) in [4.78, 5) is 0. The summed E-state index contributed by atoms with van der Waals surface area (Å²) < 4.78 is 5.04. The molecule has 1 fully saturated rings. The monoisotopic (exact) mass is 244 g/mol. The molecule has 0 aromatic rings. The molecule has 3 nitrogen and oxygen atoms in total. The molecule has 1 rings (SSSR count). The van der Waals surface area contributed by atoms with Crippen LogP contribution in [0.1, 0.15) is 45.4 Å². The van der Waals surface area contributed by atoms with E-state index in [0.717, 1.165) is 18.1 Å². The summed E-state index contributed by atoms with van der Waals surface area (Å²) in [6.07, 6.45) is 7.55. The Balaban J connectivity index is 2.13. The van der Waals surface area contributed by atoms with Crippen molar-refractivity contribution in [1.29, 1.82) is 0 Å². The molecule has 1 aliphatic carbocycles. The Morgan fingerprint density at radius 2 is 2.06 bits per heavy atom. The zero-order valence-corrected chi connectivity index (χ0v) is 11.2. The summed E-state index contributed by atoms with van der Waals surface area (Å²) in [6, 6.07) is 0.965. The van der Waals surface area contributed by atoms with E-state index in [-0.39, 0.29) is 0 Å². The van der Waals surface area contributed by atoms with Gasteiger partial charge in [0.2, 0.25) is 0 Å². The minimum absolute atomic E-state index is 0.378. The lowest BCUT2D eigenvalue weighted by atomic mass is 9.96. The molecule has 4 heteroatoms. The van der Waals surface area contributed by atoms with Crippen LogP contribution in [-0.2, 0) is 4.74 Å². The predicted molar refractivity (Wildman–Crippen MR) is 71.7 cm³/mol. The Kier molecular flexibility index (Phi) is 6.73. The fraction of sp³-hybridized carbons (Fsp3) is 0.917. The number of methoxy groups -OCH3 is 1. The first-order chi connectivity index (χ1) is 7.72. The van der Waals surface area contributed by atoms with Gasteiger partial charge in [-0.3, -0.25) is 0 Å². The van der Waals surface area contributed by atoms with Gasteiger partial charge in [0.05, 0.1) is 0 Å². The summed E-state index contributed by atoms with van der Waals surface area (Å²) >= 11 is 5.30. The van der Waals surface area contributed by atoms with Gasteiger partial charge in [0.15, 0.2) is 5.11 Å². The SMILES string of the molecule is COCCC(C)NC(=S)NC1CCCCC1. The van der Waals surface area contributed by atoms with E-state index >= 15 is 0 Å². The van der Waals surface area contributed by atoms with Crippen molar-refractivity contribution in [2.75, 3.05) is 13.7 Å². The van der Waals surface area contributed by atoms with E-state index in [1.165, 1.54) is 32.1 Å². The first-order valence-corrected chi connectivity index (χ1v) is 6.69. The standard InChI is InChI=1S/C12H24N2OS/c1-10(8-9-15-2)13-12(16)14-11-6-4-3-5-7-11/h10-11H,3-9H2,1-2H3,(H2,13,14,16). The highest BCUT2D eigenvalue weighted by Crippen LogP contribution is 2.17. The van der Waals surface area contributed by atoms with Crippen LogP contribution in [0.4, 0.5) is 0 Å². The van der Waals surface area contributed by atoms with Gasteiger partial charge < -0.3 is 15.4 Å². The minimum Gasteiger partial charge on any atom is -0.385 e. The molecule has 0 heterocycles. The topological polar surface area (TPSA) is 33.3 Å². The lowest BCUT2D eigenvalue weighted by molar-refractivity contribution is 0.187. The van der Waals surface area contributed by atoms with Crippen LogP contribution in [0, 0.1) is 0 Å². The van der Waals surface area contributed by atoms with Crippen LogP contribution in [0.5, 0.6) is 0 Å². The van der Waals surface area contributed by atoms with Gasteiger partial charge in [-0.25, -0.2) is 0 Å². The molecular weight excluding hydrogens is 220 g/mol. The fourth-order valence-corrected chi connectivity index (χ4v) is 2.43. The molecule has 0 spiro atoms. The van der Waals surface area contributed by atoms with Crippen LogP contribution in [0.2, 0.25) is 0 Å². The zero-order chi connectivity index (χ0) is 11.8. The van der Waals surface area contributed by atoms with Crippen molar-refractivity contribution in [3.8, 4) is 0 Å². The molecule has 0 aliphatic heterocycles. The van der Waals surface area contributed by atoms with E-state index in [2.05, 4.69) is 17.6 Å². The molecule has 2 N–H and O–H groups in total. The van der Waals surface area contributed by atoms with E-state index in [9.17, 15) is 0 Å². The van der Waals surface area contributed by atoms with E-state index in [1.807, 2.05) is 0 Å². The van der Waals surface area contributed by atoms with Gasteiger partial charge in [0, 0.05) is 25.8 Å². The van der Waals surface area contributed by atoms with E-state index in [0.29, 0.717) is 12.1 Å². The van der Waals surface area contributed by atoms with Crippen LogP contribution in [-0.4, -0.2) is 30.9 Å². The van der Waals surface area contributed by atoms with E-state index in [1.54, 1.807) is 7.11 Å². The van der Waals surface area contributed by atoms with Crippen LogP contribution < -0.4 is 10.6 Å². The highest BCUT2D eigenvalue weighted by Gasteiger charge is 2.14. The second-order valence-electron chi connectivity index (χ2n) is 4.64. The number of nitrogens with one attached hydrogen (secondary N) is 2. The molecule has 1 atom stereocenters. The van der Waals surface area contributed by atoms with Crippen molar-refractivity contribution in [3.63, 3.8) is 0 Å². The summed E-state index contributed by atoms with van der Waals surface area (Å²) in [7, 11) is 1.73. The number of hydrogen-bond acceptors (Lipinski definition) is 2. The summed E-state index contributed by atoms with van der Waals surface area (Å²) in [5, 5.41) is 7.51. The molecule has 0 aromatic carbocycles. The van der Waals surface area contributed by atoms with Crippen LogP contribution >= 0.6 is 12.2 Å². The molecule has 0 bridgehead atoms. The van der Waals surface area contributed by atoms with Gasteiger partial charge in [-0.1, -0.05) is 19.3 Å². The summed E-state index contributed by atoms with van der Waals surface area (Å²) in [5.74, 6) is 0. The highest BCUT2D eigenvalue weighted by molar-refractivity contribution is 7.80. The third kappa shape index (κ3) is 5.66. The second kappa shape index (κ2) is 7.85. The fourth-order valence-electron chi connectivity index (χ4n) is 2.06. The second-order valence-corrected chi connectivity index (χ2v) is 5.04. The molecule has 0 saturated heterocycles. The van der Waals surface area contributed by atoms with E-state index < -0.39 is 0 Å². The molecule has 1 saturated carbocycles. The van der Waals surface area contributed by atoms with Crippen molar-refractivity contribution in [2.45, 2.75) is 57.5 Å². The maximum atomic E-state index is 5.30. The maximum Gasteiger partial charge on any atom is 0.166 e. The maximum absolute atomic E-state index is 5.30. The molecule has 1 unspecified atom stereocenters. The van der Waals surface area contributed by atoms with Crippen molar-refractivity contribution >= 4 is 17.3 Å². The zero-order valence-electron chi connectivity index (χ0n) is 10.4. The Labute approximate surface area is 104 Å². The first kappa shape index (κ1) is 13.7. The molecule has 94 valence electrons. The predicted octanol–water partition coefficient (Wildman–Crippen LogP) is 2.21. The van der Waals surface area contributed by atoms with Crippen molar-refractivity contribution < 1.29 is 4.74 Å². The number of ether oxygens (including phenoxy) is 1. The molecular formula is C12H24N2OS. The first-order valence-electron chi connectivity index (χ1n) is 6.28. The molecule has 1 aliphatic rings. The van der Waals surface area contributed by atoms with E-state index in [4.69, 9.17) is 17.0 Å². The van der Waals surface area contributed by atoms with Gasteiger partial charge in [-0.2, -0.15) is 0 Å². The third-order valence-electron chi connectivity index (χ3n) is 3.07. The Morgan fingerprint density at radius 1 is 1.38 bits per heavy atom. The van der Waals surface area contributed by atoms with Gasteiger partial charge in [0.25, 0.3) is 0 Å². The van der Waals surface area contributed by atoms with Crippen LogP contribution in [0.15, 0.2) is 0 Å². The summed E-state index contributed by atoms with van der Waals surface area (Å²) in [5.41, 5.74) is 0. The minimum atomic E-state index is 0.378. The normalized spacial score (nSPS) is 19.1. The average Bonchev–Trinajstić information content (AvgIpc) is 2.27. The Hall–Kier alpha value is -0.350. The average molecular weight is 244 g/mol. The van der Waals surface area contributed by atoms with Gasteiger partial charge in [-0.15, -0.1) is 0 Å². The smallest absolute Gasteiger partial charge is 0.166 e. The molecule has 0 amide bonds. The number of hydrogen-bond donors (Lipinski definition) is 2. The van der Waals surface area contributed by atoms with Gasteiger partial charge >= 0.3 is 0 Å². The third-order valence-corrected chi connectivity index (χ3v) is 3.31. The van der Waals surface area contributed by atoms with Gasteiger partial charge in [0.1, 0.15) is 0 Å². The number of rotatable bonds is 5. The Bertz CT molecular complexity index is 205. The highest BCUT2D eigenvalue weighted by atomic mass is 32.1. The van der Waals surface area contributed by atoms with Crippen molar-refractivity contribution in [1.82, 2.24) is 10.6 Å². The summed E-state index contributed by atoms with van der Waals surface area (Å²) in [6.45, 7) is 2.91. The molecule has 0 radical (unpaired) electrons. The molecule has 16 heavy (non-hydrogen) atoms. The van der Waals surface area contributed by atoms with Crippen LogP contribution in [0.25, 0.3) is 0 Å². The number of thiocarbonyl (C=S) groups is 1. The van der Waals surface area contributed by atoms with Crippen LogP contribution in [0.3, 0.4) is 0 Å². The quantitative estimate of drug-likeness (QED) is 0.727. The lowest BCUT2D eigenvalue weighted by Crippen LogP contribution is -2.46. The van der Waals surface area contributed by atoms with Crippen molar-refractivity contribution in [3.05, 3.63) is 0 Å².